The maximum absolute atomic E-state index is 5.90. The average molecular weight is 397 g/mol. The van der Waals surface area contributed by atoms with Crippen LogP contribution in [-0.2, 0) is 22.9 Å². The molecule has 2 rings (SSSR count). The summed E-state index contributed by atoms with van der Waals surface area (Å²) >= 11 is 16.0. The average Bonchev–Trinajstić information content (AvgIpc) is 2.44. The van der Waals surface area contributed by atoms with Gasteiger partial charge in [0.2, 0.25) is 0 Å². The van der Waals surface area contributed by atoms with Crippen LogP contribution in [0, 0.1) is 6.07 Å². The van der Waals surface area contributed by atoms with Crippen LogP contribution >= 0.6 is 36.8 Å². The molecule has 90 valence electrons. The number of para-hydroxylation sites is 1. The molecule has 0 aliphatic carbocycles. The van der Waals surface area contributed by atoms with Crippen LogP contribution < -0.4 is 4.74 Å². The van der Waals surface area contributed by atoms with Crippen LogP contribution in [0.15, 0.2) is 42.5 Å². The molecule has 0 aromatic heterocycles. The van der Waals surface area contributed by atoms with E-state index in [-0.39, 0.29) is 0 Å². The minimum atomic E-state index is 0.456. The predicted molar refractivity (Wildman–Crippen MR) is 75.0 cm³/mol. The molecule has 0 heterocycles. The number of benzene rings is 2. The van der Waals surface area contributed by atoms with Gasteiger partial charge in [-0.3, -0.25) is 0 Å². The Kier molecular flexibility index (Phi) is 7.93. The molecule has 2 aromatic carbocycles. The standard InChI is InChI=1S/C13H9Cl2O.BrH.Zn/c14-12-7-6-10(8-13(12)15)9-16-11-4-2-1-3-5-11;;/h1-4,6-8H,9H2;1H;/q-1;;+2/p-1. The van der Waals surface area contributed by atoms with E-state index in [2.05, 4.69) is 19.7 Å². The summed E-state index contributed by atoms with van der Waals surface area (Å²) < 4.78 is 5.53. The fourth-order valence-electron chi connectivity index (χ4n) is 1.26. The van der Waals surface area contributed by atoms with Crippen molar-refractivity contribution in [2.45, 2.75) is 6.61 Å². The Hall–Kier alpha value is -0.0766. The van der Waals surface area contributed by atoms with Crippen molar-refractivity contribution in [3.05, 3.63) is 64.1 Å². The molecule has 2 aromatic rings. The van der Waals surface area contributed by atoms with E-state index in [1.807, 2.05) is 30.3 Å². The summed E-state index contributed by atoms with van der Waals surface area (Å²) in [5.41, 5.74) is 0.978. The third-order valence-corrected chi connectivity index (χ3v) is 2.80. The third kappa shape index (κ3) is 5.28. The first-order valence-electron chi connectivity index (χ1n) is 5.06. The topological polar surface area (TPSA) is 9.23 Å². The summed E-state index contributed by atoms with van der Waals surface area (Å²) in [5, 5.41) is 1.09. The molecule has 0 aliphatic rings. The molecular weight excluding hydrogens is 388 g/mol. The van der Waals surface area contributed by atoms with E-state index in [1.54, 1.807) is 12.1 Å². The fourth-order valence-corrected chi connectivity index (χ4v) is 1.58. The van der Waals surface area contributed by atoms with E-state index in [4.69, 9.17) is 27.9 Å². The summed E-state index contributed by atoms with van der Waals surface area (Å²) in [6, 6.07) is 15.9. The van der Waals surface area contributed by atoms with E-state index < -0.39 is 0 Å². The second-order valence-electron chi connectivity index (χ2n) is 3.26. The number of rotatable bonds is 3. The van der Waals surface area contributed by atoms with Gasteiger partial charge in [0.05, 0.1) is 10.0 Å². The van der Waals surface area contributed by atoms with Crippen molar-refractivity contribution >= 4 is 36.8 Å². The maximum atomic E-state index is 5.90. The molecule has 0 N–H and O–H groups in total. The first kappa shape index (κ1) is 16.0. The summed E-state index contributed by atoms with van der Waals surface area (Å²) in [7, 11) is 0. The third-order valence-electron chi connectivity index (χ3n) is 2.06. The van der Waals surface area contributed by atoms with Gasteiger partial charge in [0, 0.05) is 5.75 Å². The van der Waals surface area contributed by atoms with Crippen LogP contribution in [0.5, 0.6) is 5.75 Å². The van der Waals surface area contributed by atoms with Crippen LogP contribution in [0.2, 0.25) is 10.0 Å². The van der Waals surface area contributed by atoms with Gasteiger partial charge < -0.3 is 4.74 Å². The normalized spacial score (nSPS) is 9.39. The molecule has 0 fully saturated rings. The Morgan fingerprint density at radius 1 is 1.11 bits per heavy atom. The Bertz CT molecular complexity index is 480. The Labute approximate surface area is 133 Å². The molecular formula is C13H9BrCl2OZn. The zero-order valence-electron chi connectivity index (χ0n) is 9.50. The van der Waals surface area contributed by atoms with Crippen LogP contribution in [0.1, 0.15) is 5.56 Å². The van der Waals surface area contributed by atoms with E-state index in [1.165, 1.54) is 16.3 Å². The molecule has 0 unspecified atom stereocenters. The molecule has 18 heavy (non-hydrogen) atoms. The summed E-state index contributed by atoms with van der Waals surface area (Å²) in [6.45, 7) is 0.456. The van der Waals surface area contributed by atoms with Crippen molar-refractivity contribution in [1.29, 1.82) is 0 Å². The summed E-state index contributed by atoms with van der Waals surface area (Å²) in [4.78, 5) is 0. The fraction of sp³-hybridized carbons (Fsp3) is 0.0769. The molecule has 0 radical (unpaired) electrons. The zero-order valence-corrected chi connectivity index (χ0v) is 15.6. The molecule has 0 saturated carbocycles. The van der Waals surface area contributed by atoms with Crippen molar-refractivity contribution in [2.24, 2.45) is 0 Å². The second-order valence-corrected chi connectivity index (χ2v) is 4.08. The van der Waals surface area contributed by atoms with Gasteiger partial charge in [0.15, 0.2) is 0 Å². The molecule has 0 atom stereocenters. The molecule has 0 saturated heterocycles. The molecule has 5 heteroatoms. The van der Waals surface area contributed by atoms with Gasteiger partial charge >= 0.3 is 30.0 Å². The summed E-state index contributed by atoms with van der Waals surface area (Å²) in [6.07, 6.45) is 0. The van der Waals surface area contributed by atoms with Gasteiger partial charge in [-0.25, -0.2) is 0 Å². The number of hydrogen-bond acceptors (Lipinski definition) is 1. The van der Waals surface area contributed by atoms with E-state index in [9.17, 15) is 0 Å². The Morgan fingerprint density at radius 2 is 1.89 bits per heavy atom. The zero-order chi connectivity index (χ0) is 13.4. The van der Waals surface area contributed by atoms with Crippen molar-refractivity contribution in [3.8, 4) is 5.75 Å². The monoisotopic (exact) mass is 394 g/mol. The van der Waals surface area contributed by atoms with Crippen LogP contribution in [0.4, 0.5) is 0 Å². The van der Waals surface area contributed by atoms with E-state index >= 15 is 0 Å². The Balaban J connectivity index is 0.000000771. The van der Waals surface area contributed by atoms with Crippen LogP contribution in [0.3, 0.4) is 0 Å². The number of ether oxygens (including phenoxy) is 1. The number of halogens is 3. The van der Waals surface area contributed by atoms with E-state index in [0.29, 0.717) is 22.4 Å². The van der Waals surface area contributed by atoms with Gasteiger partial charge in [-0.1, -0.05) is 29.3 Å². The van der Waals surface area contributed by atoms with Gasteiger partial charge in [-0.05, 0) is 17.7 Å². The Morgan fingerprint density at radius 3 is 2.50 bits per heavy atom. The number of hydrogen-bond donors (Lipinski definition) is 0. The van der Waals surface area contributed by atoms with Crippen molar-refractivity contribution in [3.63, 3.8) is 0 Å². The van der Waals surface area contributed by atoms with Crippen molar-refractivity contribution < 1.29 is 21.1 Å². The van der Waals surface area contributed by atoms with Gasteiger partial charge in [0.25, 0.3) is 0 Å². The van der Waals surface area contributed by atoms with Crippen LogP contribution in [-0.4, -0.2) is 0 Å². The minimum absolute atomic E-state index is 0.456. The van der Waals surface area contributed by atoms with Gasteiger partial charge in [-0.2, -0.15) is 18.2 Å². The molecule has 0 aliphatic heterocycles. The van der Waals surface area contributed by atoms with Gasteiger partial charge in [0.1, 0.15) is 6.61 Å². The molecule has 0 amide bonds. The molecule has 1 nitrogen and oxygen atoms in total. The van der Waals surface area contributed by atoms with Crippen molar-refractivity contribution in [2.75, 3.05) is 0 Å². The summed E-state index contributed by atoms with van der Waals surface area (Å²) in [5.74, 6) is 0.716. The second kappa shape index (κ2) is 8.93. The van der Waals surface area contributed by atoms with E-state index in [0.717, 1.165) is 5.56 Å². The van der Waals surface area contributed by atoms with Crippen molar-refractivity contribution in [1.82, 2.24) is 0 Å². The quantitative estimate of drug-likeness (QED) is 0.510. The SMILES string of the molecule is Clc1ccc(COc2[c-]cccc2)cc1Cl.[Zn+][Br]. The molecule has 0 spiro atoms. The van der Waals surface area contributed by atoms with Gasteiger partial charge in [-0.15, -0.1) is 12.1 Å². The van der Waals surface area contributed by atoms with Crippen LogP contribution in [0.25, 0.3) is 0 Å². The first-order valence-corrected chi connectivity index (χ1v) is 12.8. The molecule has 0 bridgehead atoms. The predicted octanol–water partition coefficient (Wildman–Crippen LogP) is 5.22. The first-order chi connectivity index (χ1) is 8.75.